The fraction of sp³-hybridized carbons (Fsp3) is 0.409. The number of amides is 1. The molecule has 1 aliphatic rings. The van der Waals surface area contributed by atoms with Gasteiger partial charge in [-0.3, -0.25) is 14.8 Å². The number of nitrogens with one attached hydrogen (secondary N) is 3. The van der Waals surface area contributed by atoms with E-state index in [0.717, 1.165) is 17.8 Å². The van der Waals surface area contributed by atoms with Gasteiger partial charge in [-0.25, -0.2) is 4.98 Å². The molecule has 4 heterocycles. The molecule has 12 heteroatoms. The van der Waals surface area contributed by atoms with Crippen LogP contribution < -0.4 is 10.2 Å². The Balaban J connectivity index is 1.39. The molecule has 34 heavy (non-hydrogen) atoms. The number of piperazine rings is 1. The maximum Gasteiger partial charge on any atom is 0.417 e. The Morgan fingerprint density at radius 1 is 1.29 bits per heavy atom. The monoisotopic (exact) mass is 477 g/mol. The van der Waals surface area contributed by atoms with Crippen molar-refractivity contribution in [1.29, 1.82) is 0 Å². The first-order valence-corrected chi connectivity index (χ1v) is 10.9. The number of aliphatic hydroxyl groups excluding tert-OH is 1. The van der Waals surface area contributed by atoms with Crippen LogP contribution in [0.25, 0.3) is 11.4 Å². The van der Waals surface area contributed by atoms with Gasteiger partial charge >= 0.3 is 6.18 Å². The van der Waals surface area contributed by atoms with Gasteiger partial charge in [-0.05, 0) is 25.1 Å². The Bertz CT molecular complexity index is 1110. The summed E-state index contributed by atoms with van der Waals surface area (Å²) in [4.78, 5) is 23.5. The molecule has 1 amide bonds. The van der Waals surface area contributed by atoms with E-state index in [4.69, 9.17) is 5.11 Å². The lowest BCUT2D eigenvalue weighted by Gasteiger charge is -2.40. The van der Waals surface area contributed by atoms with Gasteiger partial charge in [-0.15, -0.1) is 0 Å². The second kappa shape index (κ2) is 9.85. The quantitative estimate of drug-likeness (QED) is 0.415. The van der Waals surface area contributed by atoms with Crippen LogP contribution in [0.15, 0.2) is 36.8 Å². The number of nitrogens with zero attached hydrogens (tertiary/aromatic N) is 4. The van der Waals surface area contributed by atoms with E-state index in [0.29, 0.717) is 48.9 Å². The van der Waals surface area contributed by atoms with Crippen molar-refractivity contribution in [3.63, 3.8) is 0 Å². The predicted molar refractivity (Wildman–Crippen MR) is 119 cm³/mol. The smallest absolute Gasteiger partial charge is 0.395 e. The molecule has 4 rings (SSSR count). The van der Waals surface area contributed by atoms with Gasteiger partial charge in [0.2, 0.25) is 0 Å². The highest BCUT2D eigenvalue weighted by molar-refractivity contribution is 5.95. The van der Waals surface area contributed by atoms with E-state index in [-0.39, 0.29) is 25.1 Å². The molecule has 0 unspecified atom stereocenters. The number of rotatable bonds is 7. The van der Waals surface area contributed by atoms with Crippen LogP contribution in [0.1, 0.15) is 28.4 Å². The minimum absolute atomic E-state index is 0.0562. The Morgan fingerprint density at radius 2 is 2.12 bits per heavy atom. The molecule has 1 aliphatic heterocycles. The molecule has 0 spiro atoms. The highest BCUT2D eigenvalue weighted by Crippen LogP contribution is 2.30. The van der Waals surface area contributed by atoms with Crippen LogP contribution in [-0.4, -0.2) is 74.9 Å². The van der Waals surface area contributed by atoms with E-state index in [1.165, 1.54) is 6.07 Å². The summed E-state index contributed by atoms with van der Waals surface area (Å²) < 4.78 is 38.4. The second-order valence-electron chi connectivity index (χ2n) is 8.22. The third-order valence-corrected chi connectivity index (χ3v) is 5.79. The van der Waals surface area contributed by atoms with Crippen molar-refractivity contribution in [2.24, 2.45) is 0 Å². The van der Waals surface area contributed by atoms with E-state index < -0.39 is 11.7 Å². The van der Waals surface area contributed by atoms with Crippen LogP contribution in [0, 0.1) is 0 Å². The summed E-state index contributed by atoms with van der Waals surface area (Å²) in [6, 6.07) is 4.25. The largest absolute Gasteiger partial charge is 0.417 e. The number of H-pyrrole nitrogens is 2. The third kappa shape index (κ3) is 5.23. The zero-order chi connectivity index (χ0) is 24.3. The van der Waals surface area contributed by atoms with Crippen molar-refractivity contribution in [2.45, 2.75) is 25.7 Å². The fourth-order valence-corrected chi connectivity index (χ4v) is 4.08. The number of hydrogen-bond donors (Lipinski definition) is 4. The van der Waals surface area contributed by atoms with E-state index in [2.05, 4.69) is 30.4 Å². The summed E-state index contributed by atoms with van der Waals surface area (Å²) in [5.74, 6) is 0.248. The zero-order valence-corrected chi connectivity index (χ0v) is 18.6. The molecule has 0 aromatic carbocycles. The van der Waals surface area contributed by atoms with Crippen LogP contribution >= 0.6 is 0 Å². The molecular weight excluding hydrogens is 451 g/mol. The lowest BCUT2D eigenvalue weighted by molar-refractivity contribution is -0.137. The number of carbonyl (C=O) groups excluding carboxylic acids is 1. The van der Waals surface area contributed by atoms with Crippen LogP contribution in [0.2, 0.25) is 0 Å². The van der Waals surface area contributed by atoms with Crippen molar-refractivity contribution < 1.29 is 23.1 Å². The Kier molecular flexibility index (Phi) is 6.89. The molecule has 0 radical (unpaired) electrons. The standard InChI is InChI=1S/C22H26F3N7O2/c1-14-12-31(5-6-32(14)19-3-2-17(11-28-19)22(23,24)25)13-16-10-29-30-20(16)18-8-15(9-27-18)21(34)26-4-7-33/h2-3,8-11,14,27,33H,4-7,12-13H2,1H3,(H,26,34)(H,29,30)/t14-/m1/s1. The number of anilines is 1. The molecule has 1 atom stereocenters. The van der Waals surface area contributed by atoms with Crippen LogP contribution in [0.4, 0.5) is 19.0 Å². The van der Waals surface area contributed by atoms with Crippen molar-refractivity contribution >= 4 is 11.7 Å². The topological polar surface area (TPSA) is 113 Å². The second-order valence-corrected chi connectivity index (χ2v) is 8.22. The highest BCUT2D eigenvalue weighted by Gasteiger charge is 2.32. The van der Waals surface area contributed by atoms with E-state index in [1.807, 2.05) is 18.0 Å². The third-order valence-electron chi connectivity index (χ3n) is 5.79. The first-order chi connectivity index (χ1) is 16.3. The van der Waals surface area contributed by atoms with Gasteiger partial charge in [0.15, 0.2) is 0 Å². The summed E-state index contributed by atoms with van der Waals surface area (Å²) >= 11 is 0. The number of alkyl halides is 3. The average Bonchev–Trinajstić information content (AvgIpc) is 3.47. The van der Waals surface area contributed by atoms with Gasteiger partial charge in [-0.1, -0.05) is 0 Å². The summed E-state index contributed by atoms with van der Waals surface area (Å²) in [5, 5.41) is 18.7. The van der Waals surface area contributed by atoms with Gasteiger partial charge in [-0.2, -0.15) is 18.3 Å². The number of halogens is 3. The van der Waals surface area contributed by atoms with Crippen LogP contribution in [0.5, 0.6) is 0 Å². The molecule has 0 saturated carbocycles. The number of aromatic amines is 2. The minimum atomic E-state index is -4.40. The lowest BCUT2D eigenvalue weighted by Crippen LogP contribution is -2.51. The Morgan fingerprint density at radius 3 is 2.79 bits per heavy atom. The van der Waals surface area contributed by atoms with Gasteiger partial charge in [0, 0.05) is 62.9 Å². The number of aliphatic hydroxyl groups is 1. The molecule has 0 bridgehead atoms. The predicted octanol–water partition coefficient (Wildman–Crippen LogP) is 2.25. The first kappa shape index (κ1) is 23.8. The van der Waals surface area contributed by atoms with Crippen molar-refractivity contribution in [1.82, 2.24) is 30.4 Å². The molecule has 3 aromatic rings. The maximum atomic E-state index is 12.8. The Hall–Kier alpha value is -3.38. The van der Waals surface area contributed by atoms with Gasteiger partial charge in [0.1, 0.15) is 11.5 Å². The fourth-order valence-electron chi connectivity index (χ4n) is 4.08. The number of carbonyl (C=O) groups is 1. The van der Waals surface area contributed by atoms with Crippen molar-refractivity contribution in [3.05, 3.63) is 53.5 Å². The van der Waals surface area contributed by atoms with Crippen LogP contribution in [-0.2, 0) is 12.7 Å². The van der Waals surface area contributed by atoms with Crippen molar-refractivity contribution in [2.75, 3.05) is 37.7 Å². The summed E-state index contributed by atoms with van der Waals surface area (Å²) in [5.41, 5.74) is 2.06. The molecule has 9 nitrogen and oxygen atoms in total. The average molecular weight is 477 g/mol. The molecule has 4 N–H and O–H groups in total. The summed E-state index contributed by atoms with van der Waals surface area (Å²) in [6.07, 6.45) is -0.114. The minimum Gasteiger partial charge on any atom is -0.395 e. The molecular formula is C22H26F3N7O2. The lowest BCUT2D eigenvalue weighted by atomic mass is 10.1. The number of pyridine rings is 1. The summed E-state index contributed by atoms with van der Waals surface area (Å²) in [7, 11) is 0. The molecule has 3 aromatic heterocycles. The zero-order valence-electron chi connectivity index (χ0n) is 18.6. The Labute approximate surface area is 194 Å². The molecule has 0 aliphatic carbocycles. The maximum absolute atomic E-state index is 12.8. The first-order valence-electron chi connectivity index (χ1n) is 10.9. The van der Waals surface area contributed by atoms with Crippen LogP contribution in [0.3, 0.4) is 0 Å². The molecule has 1 fully saturated rings. The van der Waals surface area contributed by atoms with E-state index in [9.17, 15) is 18.0 Å². The van der Waals surface area contributed by atoms with Gasteiger partial charge in [0.05, 0.1) is 23.4 Å². The normalized spacial score (nSPS) is 17.2. The van der Waals surface area contributed by atoms with E-state index >= 15 is 0 Å². The van der Waals surface area contributed by atoms with Gasteiger partial charge < -0.3 is 20.3 Å². The summed E-state index contributed by atoms with van der Waals surface area (Å²) in [6.45, 7) is 4.72. The number of hydrogen-bond acceptors (Lipinski definition) is 6. The molecule has 182 valence electrons. The number of aromatic nitrogens is 4. The van der Waals surface area contributed by atoms with Crippen molar-refractivity contribution in [3.8, 4) is 11.4 Å². The molecule has 1 saturated heterocycles. The highest BCUT2D eigenvalue weighted by atomic mass is 19.4. The SMILES string of the molecule is C[C@@H]1CN(Cc2c[nH]nc2-c2cc(C(=O)NCCO)c[nH]2)CCN1c1ccc(C(F)(F)F)cn1. The van der Waals surface area contributed by atoms with E-state index in [1.54, 1.807) is 12.3 Å². The van der Waals surface area contributed by atoms with Gasteiger partial charge in [0.25, 0.3) is 5.91 Å².